The van der Waals surface area contributed by atoms with Crippen LogP contribution in [0.15, 0.2) is 146 Å². The van der Waals surface area contributed by atoms with Crippen molar-refractivity contribution in [2.45, 2.75) is 26.2 Å². The van der Waals surface area contributed by atoms with Gasteiger partial charge in [-0.3, -0.25) is 29.7 Å². The highest BCUT2D eigenvalue weighted by atomic mass is 15.2. The molecule has 0 atom stereocenters. The van der Waals surface area contributed by atoms with E-state index in [0.29, 0.717) is 26.2 Å². The van der Waals surface area contributed by atoms with Crippen molar-refractivity contribution < 1.29 is 0 Å². The third kappa shape index (κ3) is 6.36. The molecule has 4 aromatic heterocycles. The minimum atomic E-state index is 0.707. The molecule has 234 valence electrons. The summed E-state index contributed by atoms with van der Waals surface area (Å²) in [5, 5.41) is 9.57. The molecule has 0 aliphatic rings. The van der Waals surface area contributed by atoms with Gasteiger partial charge in [0.2, 0.25) is 0 Å². The molecular formula is C42H36N6. The van der Waals surface area contributed by atoms with Crippen molar-refractivity contribution in [2.24, 2.45) is 0 Å². The van der Waals surface area contributed by atoms with Crippen molar-refractivity contribution in [3.63, 3.8) is 0 Å². The fourth-order valence-electron chi connectivity index (χ4n) is 6.79. The van der Waals surface area contributed by atoms with Crippen LogP contribution in [0.5, 0.6) is 0 Å². The van der Waals surface area contributed by atoms with E-state index in [9.17, 15) is 0 Å². The van der Waals surface area contributed by atoms with Gasteiger partial charge in [-0.05, 0) is 45.8 Å². The van der Waals surface area contributed by atoms with Crippen LogP contribution >= 0.6 is 0 Å². The first-order chi connectivity index (χ1) is 23.8. The SMILES string of the molecule is c1ccc2c(CN(CCN(Cc3nccc4ccccc34)Cc3nccc4ccccc34)Cc3nccc4ccccc34)nccc2c1. The lowest BCUT2D eigenvalue weighted by Crippen LogP contribution is -2.35. The summed E-state index contributed by atoms with van der Waals surface area (Å²) in [6, 6.07) is 42.4. The van der Waals surface area contributed by atoms with Crippen molar-refractivity contribution in [2.75, 3.05) is 13.1 Å². The van der Waals surface area contributed by atoms with Gasteiger partial charge in [0, 0.05) is 85.6 Å². The molecule has 0 saturated carbocycles. The van der Waals surface area contributed by atoms with Gasteiger partial charge in [0.25, 0.3) is 0 Å². The molecule has 0 aliphatic heterocycles. The molecule has 0 amide bonds. The topological polar surface area (TPSA) is 58.0 Å². The molecule has 0 aliphatic carbocycles. The van der Waals surface area contributed by atoms with Crippen molar-refractivity contribution in [1.29, 1.82) is 0 Å². The first kappa shape index (κ1) is 29.8. The molecule has 4 heterocycles. The Morgan fingerprint density at radius 2 is 0.562 bits per heavy atom. The average molecular weight is 625 g/mol. The largest absolute Gasteiger partial charge is 0.290 e. The molecular weight excluding hydrogens is 589 g/mol. The first-order valence-corrected chi connectivity index (χ1v) is 16.5. The number of hydrogen-bond donors (Lipinski definition) is 0. The van der Waals surface area contributed by atoms with Crippen molar-refractivity contribution in [3.8, 4) is 0 Å². The minimum Gasteiger partial charge on any atom is -0.290 e. The Bertz CT molecular complexity index is 2000. The minimum absolute atomic E-state index is 0.707. The van der Waals surface area contributed by atoms with Gasteiger partial charge in [0.1, 0.15) is 0 Å². The molecule has 0 radical (unpaired) electrons. The van der Waals surface area contributed by atoms with Gasteiger partial charge in [-0.2, -0.15) is 0 Å². The van der Waals surface area contributed by atoms with E-state index in [4.69, 9.17) is 19.9 Å². The summed E-state index contributed by atoms with van der Waals surface area (Å²) in [5.41, 5.74) is 4.30. The summed E-state index contributed by atoms with van der Waals surface area (Å²) in [6.07, 6.45) is 7.71. The Morgan fingerprint density at radius 3 is 0.833 bits per heavy atom. The zero-order valence-corrected chi connectivity index (χ0v) is 26.8. The molecule has 0 saturated heterocycles. The Balaban J connectivity index is 1.14. The van der Waals surface area contributed by atoms with Crippen LogP contribution < -0.4 is 0 Å². The summed E-state index contributed by atoms with van der Waals surface area (Å²) in [4.78, 5) is 24.5. The van der Waals surface area contributed by atoms with Gasteiger partial charge in [-0.15, -0.1) is 0 Å². The third-order valence-corrected chi connectivity index (χ3v) is 9.25. The fourth-order valence-corrected chi connectivity index (χ4v) is 6.79. The zero-order chi connectivity index (χ0) is 32.1. The number of nitrogens with zero attached hydrogens (tertiary/aromatic N) is 6. The maximum Gasteiger partial charge on any atom is 0.0622 e. The van der Waals surface area contributed by atoms with Crippen molar-refractivity contribution in [3.05, 3.63) is 169 Å². The van der Waals surface area contributed by atoms with Gasteiger partial charge in [-0.25, -0.2) is 0 Å². The van der Waals surface area contributed by atoms with E-state index in [1.807, 2.05) is 24.8 Å². The predicted molar refractivity (Wildman–Crippen MR) is 195 cm³/mol. The molecule has 8 aromatic rings. The lowest BCUT2D eigenvalue weighted by molar-refractivity contribution is 0.179. The second-order valence-electron chi connectivity index (χ2n) is 12.3. The smallest absolute Gasteiger partial charge is 0.0622 e. The van der Waals surface area contributed by atoms with Crippen LogP contribution in [0.3, 0.4) is 0 Å². The van der Waals surface area contributed by atoms with Gasteiger partial charge in [-0.1, -0.05) is 97.1 Å². The van der Waals surface area contributed by atoms with Crippen LogP contribution in [0.4, 0.5) is 0 Å². The van der Waals surface area contributed by atoms with E-state index < -0.39 is 0 Å². The van der Waals surface area contributed by atoms with Gasteiger partial charge >= 0.3 is 0 Å². The molecule has 0 N–H and O–H groups in total. The number of rotatable bonds is 11. The zero-order valence-electron chi connectivity index (χ0n) is 26.8. The first-order valence-electron chi connectivity index (χ1n) is 16.5. The molecule has 8 rings (SSSR count). The number of hydrogen-bond acceptors (Lipinski definition) is 6. The molecule has 0 unspecified atom stereocenters. The monoisotopic (exact) mass is 624 g/mol. The van der Waals surface area contributed by atoms with E-state index in [2.05, 4.69) is 131 Å². The maximum absolute atomic E-state index is 4.89. The third-order valence-electron chi connectivity index (χ3n) is 9.25. The normalized spacial score (nSPS) is 11.8. The molecule has 0 spiro atoms. The summed E-state index contributed by atoms with van der Waals surface area (Å²) in [6.45, 7) is 4.45. The standard InChI is InChI=1S/C42H36N6/c1-5-13-35-31(9-1)17-21-43-39(35)27-47(28-40-36-14-6-2-10-32(36)18-22-44-40)25-26-48(29-41-37-15-7-3-11-33(37)19-23-45-41)30-42-38-16-8-4-12-34(38)20-24-46-42/h1-24H,25-30H2. The van der Waals surface area contributed by atoms with Crippen LogP contribution in [0.2, 0.25) is 0 Å². The fraction of sp³-hybridized carbons (Fsp3) is 0.143. The summed E-state index contributed by atoms with van der Waals surface area (Å²) >= 11 is 0. The second kappa shape index (κ2) is 13.7. The van der Waals surface area contributed by atoms with E-state index in [1.165, 1.54) is 43.1 Å². The van der Waals surface area contributed by atoms with E-state index in [-0.39, 0.29) is 0 Å². The molecule has 4 aromatic carbocycles. The highest BCUT2D eigenvalue weighted by Gasteiger charge is 2.18. The highest BCUT2D eigenvalue weighted by molar-refractivity contribution is 5.86. The lowest BCUT2D eigenvalue weighted by atomic mass is 10.1. The number of fused-ring (bicyclic) bond motifs is 4. The van der Waals surface area contributed by atoms with Crippen molar-refractivity contribution in [1.82, 2.24) is 29.7 Å². The summed E-state index contributed by atoms with van der Waals surface area (Å²) < 4.78 is 0. The Hall–Kier alpha value is -5.56. The lowest BCUT2D eigenvalue weighted by Gasteiger charge is -2.28. The van der Waals surface area contributed by atoms with Gasteiger partial charge in [0.05, 0.1) is 22.8 Å². The molecule has 0 fully saturated rings. The Morgan fingerprint density at radius 1 is 0.312 bits per heavy atom. The molecule has 48 heavy (non-hydrogen) atoms. The maximum atomic E-state index is 4.89. The molecule has 6 nitrogen and oxygen atoms in total. The van der Waals surface area contributed by atoms with Gasteiger partial charge < -0.3 is 0 Å². The van der Waals surface area contributed by atoms with E-state index in [0.717, 1.165) is 35.9 Å². The second-order valence-corrected chi connectivity index (χ2v) is 12.3. The number of aromatic nitrogens is 4. The predicted octanol–water partition coefficient (Wildman–Crippen LogP) is 8.58. The van der Waals surface area contributed by atoms with Gasteiger partial charge in [0.15, 0.2) is 0 Å². The quantitative estimate of drug-likeness (QED) is 0.144. The number of pyridine rings is 4. The highest BCUT2D eigenvalue weighted by Crippen LogP contribution is 2.24. The van der Waals surface area contributed by atoms with E-state index >= 15 is 0 Å². The average Bonchev–Trinajstić information content (AvgIpc) is 3.14. The summed E-state index contributed by atoms with van der Waals surface area (Å²) in [5.74, 6) is 0. The number of benzene rings is 4. The Labute approximate surface area is 280 Å². The van der Waals surface area contributed by atoms with Crippen LogP contribution in [0, 0.1) is 0 Å². The molecule has 6 heteroatoms. The van der Waals surface area contributed by atoms with Crippen LogP contribution in [0.1, 0.15) is 22.8 Å². The Kier molecular flexibility index (Phi) is 8.48. The van der Waals surface area contributed by atoms with E-state index in [1.54, 1.807) is 0 Å². The summed E-state index contributed by atoms with van der Waals surface area (Å²) in [7, 11) is 0. The van der Waals surface area contributed by atoms with Crippen LogP contribution in [-0.2, 0) is 26.2 Å². The van der Waals surface area contributed by atoms with Crippen LogP contribution in [0.25, 0.3) is 43.1 Å². The van der Waals surface area contributed by atoms with Crippen molar-refractivity contribution >= 4 is 43.1 Å². The molecule has 0 bridgehead atoms. The van der Waals surface area contributed by atoms with Crippen LogP contribution in [-0.4, -0.2) is 42.8 Å².